The first kappa shape index (κ1) is 7.26. The third-order valence-corrected chi connectivity index (χ3v) is 3.34. The van der Waals surface area contributed by atoms with Gasteiger partial charge in [0.05, 0.1) is 24.4 Å². The summed E-state index contributed by atoms with van der Waals surface area (Å²) in [5.74, 6) is 0. The van der Waals surface area contributed by atoms with E-state index in [0.29, 0.717) is 0 Å². The molecule has 4 rings (SSSR count). The van der Waals surface area contributed by atoms with Crippen molar-refractivity contribution >= 4 is 0 Å². The Hall–Kier alpha value is -0.160. The predicted octanol–water partition coefficient (Wildman–Crippen LogP) is -1.39. The van der Waals surface area contributed by atoms with Gasteiger partial charge in [-0.1, -0.05) is 0 Å². The van der Waals surface area contributed by atoms with Gasteiger partial charge in [0.2, 0.25) is 0 Å². The molecule has 12 heavy (non-hydrogen) atoms. The lowest BCUT2D eigenvalue weighted by atomic mass is 9.77. The number of ether oxygens (including phenoxy) is 1. The highest BCUT2D eigenvalue weighted by atomic mass is 16.5. The Morgan fingerprint density at radius 3 is 1.92 bits per heavy atom. The average Bonchev–Trinajstić information content (AvgIpc) is 2.02. The fourth-order valence-electron chi connectivity index (χ4n) is 2.68. The van der Waals surface area contributed by atoms with Crippen molar-refractivity contribution in [1.82, 2.24) is 5.32 Å². The van der Waals surface area contributed by atoms with Crippen molar-refractivity contribution < 1.29 is 14.9 Å². The molecule has 3 N–H and O–H groups in total. The first-order valence-corrected chi connectivity index (χ1v) is 4.53. The predicted molar refractivity (Wildman–Crippen MR) is 40.6 cm³/mol. The van der Waals surface area contributed by atoms with E-state index in [0.717, 1.165) is 12.8 Å². The molecule has 0 aromatic carbocycles. The SMILES string of the molecule is OC1[C@H]2C[C@H]3O[C@@H]1C[C@@H](N2)C3O. The molecular weight excluding hydrogens is 158 g/mol. The molecule has 4 nitrogen and oxygen atoms in total. The second-order valence-corrected chi connectivity index (χ2v) is 4.05. The Morgan fingerprint density at radius 2 is 1.50 bits per heavy atom. The Bertz CT molecular complexity index is 160. The van der Waals surface area contributed by atoms with Crippen LogP contribution in [0.15, 0.2) is 0 Å². The Kier molecular flexibility index (Phi) is 1.33. The third kappa shape index (κ3) is 0.758. The van der Waals surface area contributed by atoms with Crippen LogP contribution in [0.25, 0.3) is 0 Å². The van der Waals surface area contributed by atoms with Crippen molar-refractivity contribution in [1.29, 1.82) is 0 Å². The number of hydrogen-bond acceptors (Lipinski definition) is 4. The second-order valence-electron chi connectivity index (χ2n) is 4.05. The van der Waals surface area contributed by atoms with E-state index in [1.54, 1.807) is 0 Å². The Morgan fingerprint density at radius 1 is 1.00 bits per heavy atom. The zero-order valence-electron chi connectivity index (χ0n) is 6.68. The van der Waals surface area contributed by atoms with Gasteiger partial charge in [-0.15, -0.1) is 0 Å². The smallest absolute Gasteiger partial charge is 0.0956 e. The molecule has 4 heteroatoms. The number of aliphatic hydroxyl groups excluding tert-OH is 2. The molecule has 0 aromatic rings. The van der Waals surface area contributed by atoms with Crippen LogP contribution in [0.3, 0.4) is 0 Å². The largest absolute Gasteiger partial charge is 0.389 e. The van der Waals surface area contributed by atoms with Crippen LogP contribution in [-0.2, 0) is 4.74 Å². The maximum absolute atomic E-state index is 9.64. The molecule has 6 atom stereocenters. The van der Waals surface area contributed by atoms with Gasteiger partial charge in [-0.2, -0.15) is 0 Å². The minimum absolute atomic E-state index is 0.0385. The average molecular weight is 171 g/mol. The molecule has 4 fully saturated rings. The summed E-state index contributed by atoms with van der Waals surface area (Å²) in [6, 6.07) is 0.298. The highest BCUT2D eigenvalue weighted by Gasteiger charge is 2.53. The molecule has 4 bridgehead atoms. The van der Waals surface area contributed by atoms with Crippen molar-refractivity contribution in [2.75, 3.05) is 0 Å². The summed E-state index contributed by atoms with van der Waals surface area (Å²) in [5.41, 5.74) is 0. The van der Waals surface area contributed by atoms with Crippen molar-refractivity contribution in [3.8, 4) is 0 Å². The molecule has 4 heterocycles. The Balaban J connectivity index is 1.91. The standard InChI is InChI=1S/C8H13NO3/c10-7-3-1-5-8(11)4(9-3)2-6(7)12-5/h3-11H,1-2H2/t3-,4-,5-,6-,7?,8?/m1/s1. The molecule has 0 spiro atoms. The number of nitrogens with one attached hydrogen (secondary N) is 1. The van der Waals surface area contributed by atoms with Crippen LogP contribution in [0.4, 0.5) is 0 Å². The quantitative estimate of drug-likeness (QED) is 0.420. The van der Waals surface area contributed by atoms with Gasteiger partial charge >= 0.3 is 0 Å². The van der Waals surface area contributed by atoms with E-state index in [9.17, 15) is 10.2 Å². The lowest BCUT2D eigenvalue weighted by Gasteiger charge is -2.55. The van der Waals surface area contributed by atoms with Crippen LogP contribution in [0, 0.1) is 0 Å². The topological polar surface area (TPSA) is 61.7 Å². The van der Waals surface area contributed by atoms with Gasteiger partial charge in [0, 0.05) is 12.1 Å². The summed E-state index contributed by atoms with van der Waals surface area (Å²) in [6.07, 6.45) is 0.673. The summed E-state index contributed by atoms with van der Waals surface area (Å²) in [7, 11) is 0. The maximum atomic E-state index is 9.64. The molecule has 0 aromatic heterocycles. The molecule has 2 unspecified atom stereocenters. The minimum Gasteiger partial charge on any atom is -0.389 e. The molecule has 0 saturated carbocycles. The Labute approximate surface area is 70.5 Å². The molecule has 4 aliphatic heterocycles. The first-order chi connectivity index (χ1) is 5.75. The van der Waals surface area contributed by atoms with E-state index >= 15 is 0 Å². The van der Waals surface area contributed by atoms with Crippen LogP contribution in [0.2, 0.25) is 0 Å². The first-order valence-electron chi connectivity index (χ1n) is 4.53. The molecule has 4 saturated heterocycles. The summed E-state index contributed by atoms with van der Waals surface area (Å²) < 4.78 is 5.51. The zero-order chi connectivity index (χ0) is 8.29. The van der Waals surface area contributed by atoms with Crippen molar-refractivity contribution in [3.05, 3.63) is 0 Å². The van der Waals surface area contributed by atoms with Gasteiger partial charge in [-0.3, -0.25) is 0 Å². The summed E-state index contributed by atoms with van der Waals surface area (Å²) in [5, 5.41) is 22.5. The van der Waals surface area contributed by atoms with Crippen LogP contribution in [0.5, 0.6) is 0 Å². The van der Waals surface area contributed by atoms with Gasteiger partial charge in [0.15, 0.2) is 0 Å². The summed E-state index contributed by atoms with van der Waals surface area (Å²) >= 11 is 0. The molecule has 0 aliphatic carbocycles. The second kappa shape index (κ2) is 2.20. The van der Waals surface area contributed by atoms with E-state index in [1.165, 1.54) is 0 Å². The van der Waals surface area contributed by atoms with Gasteiger partial charge in [0.1, 0.15) is 0 Å². The molecular formula is C8H13NO3. The van der Waals surface area contributed by atoms with Gasteiger partial charge in [-0.05, 0) is 12.8 Å². The van der Waals surface area contributed by atoms with E-state index in [1.807, 2.05) is 0 Å². The van der Waals surface area contributed by atoms with Gasteiger partial charge < -0.3 is 20.3 Å². The maximum Gasteiger partial charge on any atom is 0.0956 e. The molecule has 0 radical (unpaired) electrons. The molecule has 0 amide bonds. The van der Waals surface area contributed by atoms with E-state index in [2.05, 4.69) is 5.32 Å². The summed E-state index contributed by atoms with van der Waals surface area (Å²) in [4.78, 5) is 0. The normalized spacial score (nSPS) is 62.5. The van der Waals surface area contributed by atoms with E-state index in [4.69, 9.17) is 4.74 Å². The van der Waals surface area contributed by atoms with Crippen molar-refractivity contribution in [2.24, 2.45) is 0 Å². The van der Waals surface area contributed by atoms with Crippen LogP contribution < -0.4 is 5.32 Å². The van der Waals surface area contributed by atoms with Gasteiger partial charge in [-0.25, -0.2) is 0 Å². The van der Waals surface area contributed by atoms with E-state index < -0.39 is 0 Å². The highest BCUT2D eigenvalue weighted by molar-refractivity contribution is 5.07. The van der Waals surface area contributed by atoms with Crippen molar-refractivity contribution in [3.63, 3.8) is 0 Å². The lowest BCUT2D eigenvalue weighted by Crippen LogP contribution is -2.73. The van der Waals surface area contributed by atoms with Gasteiger partial charge in [0.25, 0.3) is 0 Å². The summed E-state index contributed by atoms with van der Waals surface area (Å²) in [6.45, 7) is 0. The number of rotatable bonds is 0. The lowest BCUT2D eigenvalue weighted by molar-refractivity contribution is -0.231. The molecule has 68 valence electrons. The number of piperidine rings is 2. The number of hydrogen-bond donors (Lipinski definition) is 3. The van der Waals surface area contributed by atoms with Crippen LogP contribution >= 0.6 is 0 Å². The fourth-order valence-corrected chi connectivity index (χ4v) is 2.68. The van der Waals surface area contributed by atoms with E-state index in [-0.39, 0.29) is 36.5 Å². The van der Waals surface area contributed by atoms with Crippen molar-refractivity contribution in [2.45, 2.75) is 49.3 Å². The zero-order valence-corrected chi connectivity index (χ0v) is 6.68. The third-order valence-electron chi connectivity index (χ3n) is 3.34. The number of aliphatic hydroxyl groups is 2. The monoisotopic (exact) mass is 171 g/mol. The highest BCUT2D eigenvalue weighted by Crippen LogP contribution is 2.36. The fraction of sp³-hybridized carbons (Fsp3) is 1.00. The van der Waals surface area contributed by atoms with Crippen LogP contribution in [0.1, 0.15) is 12.8 Å². The minimum atomic E-state index is -0.370. The molecule has 4 aliphatic rings. The van der Waals surface area contributed by atoms with Crippen LogP contribution in [-0.4, -0.2) is 46.7 Å².